The Hall–Kier alpha value is -0.343. The van der Waals surface area contributed by atoms with Gasteiger partial charge >= 0.3 is 0 Å². The van der Waals surface area contributed by atoms with Crippen molar-refractivity contribution in [1.29, 1.82) is 0 Å². The Bertz CT molecular complexity index is 544. The van der Waals surface area contributed by atoms with Gasteiger partial charge < -0.3 is 13.9 Å². The minimum absolute atomic E-state index is 0.114. The molecule has 25 heavy (non-hydrogen) atoms. The molecule has 1 heterocycles. The van der Waals surface area contributed by atoms with Gasteiger partial charge in [-0.25, -0.2) is 0 Å². The summed E-state index contributed by atoms with van der Waals surface area (Å²) in [4.78, 5) is 0. The summed E-state index contributed by atoms with van der Waals surface area (Å²) >= 11 is 0. The van der Waals surface area contributed by atoms with Crippen LogP contribution in [-0.4, -0.2) is 33.4 Å². The van der Waals surface area contributed by atoms with Gasteiger partial charge in [0, 0.05) is 24.2 Å². The van der Waals surface area contributed by atoms with E-state index >= 15 is 0 Å². The molecule has 4 atom stereocenters. The van der Waals surface area contributed by atoms with Gasteiger partial charge in [-0.2, -0.15) is 0 Å². The van der Waals surface area contributed by atoms with Crippen LogP contribution < -0.4 is 0 Å². The minimum Gasteiger partial charge on any atom is -0.413 e. The fourth-order valence-corrected chi connectivity index (χ4v) is 5.79. The number of rotatable bonds is 2. The minimum atomic E-state index is -1.80. The van der Waals surface area contributed by atoms with Gasteiger partial charge in [0.05, 0.1) is 19.3 Å². The van der Waals surface area contributed by atoms with Crippen molar-refractivity contribution in [3.63, 3.8) is 0 Å². The van der Waals surface area contributed by atoms with Gasteiger partial charge in [-0.3, -0.25) is 0 Å². The molecule has 4 heteroatoms. The normalized spacial score (nSPS) is 37.0. The molecule has 3 rings (SSSR count). The van der Waals surface area contributed by atoms with E-state index in [1.807, 2.05) is 0 Å². The van der Waals surface area contributed by atoms with E-state index < -0.39 is 8.32 Å². The van der Waals surface area contributed by atoms with Crippen LogP contribution in [0.25, 0.3) is 0 Å². The van der Waals surface area contributed by atoms with Crippen LogP contribution >= 0.6 is 0 Å². The molecule has 2 aliphatic carbocycles. The molecular formula is C21H36O3Si. The summed E-state index contributed by atoms with van der Waals surface area (Å²) in [6.45, 7) is 17.5. The molecule has 1 aliphatic heterocycles. The molecular weight excluding hydrogens is 328 g/mol. The lowest BCUT2D eigenvalue weighted by Crippen LogP contribution is -2.47. The highest BCUT2D eigenvalue weighted by Gasteiger charge is 2.58. The predicted octanol–water partition coefficient (Wildman–Crippen LogP) is 4.83. The van der Waals surface area contributed by atoms with E-state index in [9.17, 15) is 0 Å². The first-order valence-electron chi connectivity index (χ1n) is 9.80. The van der Waals surface area contributed by atoms with Gasteiger partial charge in [-0.15, -0.1) is 12.3 Å². The lowest BCUT2D eigenvalue weighted by molar-refractivity contribution is -0.298. The van der Waals surface area contributed by atoms with E-state index in [1.165, 1.54) is 0 Å². The third-order valence-electron chi connectivity index (χ3n) is 7.02. The number of hydrogen-bond donors (Lipinski definition) is 0. The Balaban J connectivity index is 1.69. The SMILES string of the molecule is C#C[C@@H]1[C@H]2CC3(C[C@H]2C[C@H]1O[Si](C)(C)C(C)(C)C)OCC(C)(C)CO3. The van der Waals surface area contributed by atoms with E-state index in [0.29, 0.717) is 11.8 Å². The quantitative estimate of drug-likeness (QED) is 0.519. The van der Waals surface area contributed by atoms with Crippen LogP contribution in [-0.2, 0) is 13.9 Å². The topological polar surface area (TPSA) is 27.7 Å². The second-order valence-corrected chi connectivity index (χ2v) is 15.6. The van der Waals surface area contributed by atoms with Crippen molar-refractivity contribution in [2.75, 3.05) is 13.2 Å². The molecule has 3 nitrogen and oxygen atoms in total. The molecule has 3 fully saturated rings. The van der Waals surface area contributed by atoms with Crippen molar-refractivity contribution in [1.82, 2.24) is 0 Å². The fourth-order valence-electron chi connectivity index (χ4n) is 4.44. The Morgan fingerprint density at radius 2 is 1.72 bits per heavy atom. The summed E-state index contributed by atoms with van der Waals surface area (Å²) in [5.41, 5.74) is 0.114. The van der Waals surface area contributed by atoms with Crippen molar-refractivity contribution in [2.24, 2.45) is 23.2 Å². The van der Waals surface area contributed by atoms with Crippen molar-refractivity contribution < 1.29 is 13.9 Å². The zero-order valence-electron chi connectivity index (χ0n) is 17.1. The van der Waals surface area contributed by atoms with Gasteiger partial charge in [0.15, 0.2) is 14.1 Å². The van der Waals surface area contributed by atoms with Gasteiger partial charge in [0.2, 0.25) is 0 Å². The van der Waals surface area contributed by atoms with Gasteiger partial charge in [0.25, 0.3) is 0 Å². The maximum absolute atomic E-state index is 6.73. The summed E-state index contributed by atoms with van der Waals surface area (Å²) in [6.07, 6.45) is 9.15. The number of fused-ring (bicyclic) bond motifs is 1. The number of ether oxygens (including phenoxy) is 2. The first kappa shape index (κ1) is 19.4. The molecule has 142 valence electrons. The summed E-state index contributed by atoms with van der Waals surface area (Å²) in [5.74, 6) is 3.93. The van der Waals surface area contributed by atoms with Crippen LogP contribution in [0.15, 0.2) is 0 Å². The maximum atomic E-state index is 6.73. The zero-order valence-corrected chi connectivity index (χ0v) is 18.1. The van der Waals surface area contributed by atoms with Gasteiger partial charge in [0.1, 0.15) is 0 Å². The second kappa shape index (κ2) is 6.09. The lowest BCUT2D eigenvalue weighted by atomic mass is 9.91. The summed E-state index contributed by atoms with van der Waals surface area (Å²) in [5, 5.41) is 0.215. The molecule has 0 radical (unpaired) electrons. The average Bonchev–Trinajstić information content (AvgIpc) is 2.95. The molecule has 0 aromatic carbocycles. The third-order valence-corrected chi connectivity index (χ3v) is 11.5. The Kier molecular flexibility index (Phi) is 4.73. The largest absolute Gasteiger partial charge is 0.413 e. The van der Waals surface area contributed by atoms with Crippen molar-refractivity contribution in [3.8, 4) is 12.3 Å². The van der Waals surface area contributed by atoms with Crippen molar-refractivity contribution in [2.45, 2.75) is 83.9 Å². The van der Waals surface area contributed by atoms with Crippen LogP contribution in [0.1, 0.15) is 53.9 Å². The molecule has 0 N–H and O–H groups in total. The van der Waals surface area contributed by atoms with Crippen LogP contribution in [0, 0.1) is 35.5 Å². The number of hydrogen-bond acceptors (Lipinski definition) is 3. The van der Waals surface area contributed by atoms with E-state index in [0.717, 1.165) is 32.5 Å². The predicted molar refractivity (Wildman–Crippen MR) is 104 cm³/mol. The first-order chi connectivity index (χ1) is 11.4. The highest BCUT2D eigenvalue weighted by molar-refractivity contribution is 6.74. The summed E-state index contributed by atoms with van der Waals surface area (Å²) in [7, 11) is -1.80. The summed E-state index contributed by atoms with van der Waals surface area (Å²) < 4.78 is 19.2. The monoisotopic (exact) mass is 364 g/mol. The van der Waals surface area contributed by atoms with E-state index in [4.69, 9.17) is 20.3 Å². The number of terminal acetylenes is 1. The summed E-state index contributed by atoms with van der Waals surface area (Å²) in [6, 6.07) is 0. The molecule has 0 unspecified atom stereocenters. The average molecular weight is 365 g/mol. The molecule has 0 bridgehead atoms. The van der Waals surface area contributed by atoms with E-state index in [2.05, 4.69) is 53.6 Å². The highest BCUT2D eigenvalue weighted by Crippen LogP contribution is 2.56. The standard InChI is InChI=1S/C21H36O3Si/c1-9-16-17-12-21(22-13-20(5,6)14-23-21)11-15(17)10-18(16)24-25(7,8)19(2,3)4/h1,15-18H,10-14H2,2-8H3/t15-,16-,17+,18-/m1/s1. The van der Waals surface area contributed by atoms with E-state index in [-0.39, 0.29) is 28.3 Å². The Labute approximate surface area is 155 Å². The van der Waals surface area contributed by atoms with Gasteiger partial charge in [-0.1, -0.05) is 34.6 Å². The Morgan fingerprint density at radius 3 is 2.24 bits per heavy atom. The highest BCUT2D eigenvalue weighted by atomic mass is 28.4. The van der Waals surface area contributed by atoms with Gasteiger partial charge in [-0.05, 0) is 36.4 Å². The van der Waals surface area contributed by atoms with Crippen LogP contribution in [0.4, 0.5) is 0 Å². The van der Waals surface area contributed by atoms with Crippen LogP contribution in [0.3, 0.4) is 0 Å². The second-order valence-electron chi connectivity index (χ2n) is 10.8. The van der Waals surface area contributed by atoms with Crippen LogP contribution in [0.5, 0.6) is 0 Å². The molecule has 1 saturated heterocycles. The molecule has 0 aromatic rings. The van der Waals surface area contributed by atoms with Crippen LogP contribution in [0.2, 0.25) is 18.1 Å². The molecule has 0 amide bonds. The molecule has 1 spiro atoms. The maximum Gasteiger partial charge on any atom is 0.192 e. The first-order valence-corrected chi connectivity index (χ1v) is 12.7. The third kappa shape index (κ3) is 3.58. The Morgan fingerprint density at radius 1 is 1.12 bits per heavy atom. The van der Waals surface area contributed by atoms with Crippen molar-refractivity contribution in [3.05, 3.63) is 0 Å². The lowest BCUT2D eigenvalue weighted by Gasteiger charge is -2.43. The molecule has 0 aromatic heterocycles. The zero-order chi connectivity index (χ0) is 18.7. The molecule has 2 saturated carbocycles. The molecule has 3 aliphatic rings. The van der Waals surface area contributed by atoms with Crippen molar-refractivity contribution >= 4 is 8.32 Å². The van der Waals surface area contributed by atoms with E-state index in [1.54, 1.807) is 0 Å². The fraction of sp³-hybridized carbons (Fsp3) is 0.905. The smallest absolute Gasteiger partial charge is 0.192 e.